The highest BCUT2D eigenvalue weighted by Gasteiger charge is 2.17. The molecule has 1 saturated heterocycles. The van der Waals surface area contributed by atoms with Crippen molar-refractivity contribution in [1.82, 2.24) is 19.9 Å². The number of aromatic hydroxyl groups is 1. The highest BCUT2D eigenvalue weighted by atomic mass is 16.6. The molecule has 1 aliphatic heterocycles. The number of benzene rings is 2. The molecule has 0 amide bonds. The summed E-state index contributed by atoms with van der Waals surface area (Å²) in [5.41, 5.74) is 1.60. The third-order valence-electron chi connectivity index (χ3n) is 5.48. The molecule has 1 aliphatic rings. The Labute approximate surface area is 193 Å². The highest BCUT2D eigenvalue weighted by molar-refractivity contribution is 5.94. The van der Waals surface area contributed by atoms with Gasteiger partial charge in [0, 0.05) is 36.3 Å². The van der Waals surface area contributed by atoms with Crippen molar-refractivity contribution >= 4 is 45.8 Å². The van der Waals surface area contributed by atoms with E-state index in [-0.39, 0.29) is 23.5 Å². The fourth-order valence-corrected chi connectivity index (χ4v) is 3.79. The van der Waals surface area contributed by atoms with Gasteiger partial charge in [-0.15, -0.1) is 10.2 Å². The van der Waals surface area contributed by atoms with E-state index in [1.165, 1.54) is 12.1 Å². The molecular formula is C22H21N9O3. The van der Waals surface area contributed by atoms with Crippen molar-refractivity contribution in [3.8, 4) is 5.88 Å². The van der Waals surface area contributed by atoms with Gasteiger partial charge in [-0.1, -0.05) is 18.2 Å². The Bertz CT molecular complexity index is 1360. The number of para-hydroxylation sites is 1. The van der Waals surface area contributed by atoms with E-state index < -0.39 is 4.92 Å². The molecule has 34 heavy (non-hydrogen) atoms. The van der Waals surface area contributed by atoms with Crippen molar-refractivity contribution in [3.05, 3.63) is 58.6 Å². The number of rotatable bonds is 6. The molecule has 0 aliphatic carbocycles. The summed E-state index contributed by atoms with van der Waals surface area (Å²) in [5.74, 6) is 0.682. The summed E-state index contributed by atoms with van der Waals surface area (Å²) >= 11 is 0. The average molecular weight is 459 g/mol. The van der Waals surface area contributed by atoms with Gasteiger partial charge in [0.15, 0.2) is 5.69 Å². The molecule has 2 aromatic carbocycles. The predicted molar refractivity (Wildman–Crippen MR) is 126 cm³/mol. The SMILES string of the molecule is O=[N+]([O-])c1ccc(Nc2nc(N=Nc3c(O)[nH]c4ccccc34)nc(N3CCCCC3)n2)cc1. The number of nitro groups is 1. The minimum Gasteiger partial charge on any atom is -0.493 e. The van der Waals surface area contributed by atoms with Gasteiger partial charge in [-0.3, -0.25) is 10.1 Å². The summed E-state index contributed by atoms with van der Waals surface area (Å²) in [6.45, 7) is 1.64. The monoisotopic (exact) mass is 459 g/mol. The van der Waals surface area contributed by atoms with Crippen LogP contribution in [-0.4, -0.2) is 43.1 Å². The second kappa shape index (κ2) is 9.10. The maximum Gasteiger partial charge on any atom is 0.275 e. The Kier molecular flexibility index (Phi) is 5.68. The third-order valence-corrected chi connectivity index (χ3v) is 5.48. The fraction of sp³-hybridized carbons (Fsp3) is 0.227. The van der Waals surface area contributed by atoms with Gasteiger partial charge in [-0.25, -0.2) is 0 Å². The Morgan fingerprint density at radius 3 is 2.53 bits per heavy atom. The molecule has 12 heteroatoms. The van der Waals surface area contributed by atoms with Crippen LogP contribution in [0.1, 0.15) is 19.3 Å². The lowest BCUT2D eigenvalue weighted by Crippen LogP contribution is -2.31. The van der Waals surface area contributed by atoms with Crippen LogP contribution in [0.4, 0.5) is 34.9 Å². The van der Waals surface area contributed by atoms with E-state index in [4.69, 9.17) is 0 Å². The number of nitro benzene ring substituents is 1. The molecule has 0 radical (unpaired) electrons. The van der Waals surface area contributed by atoms with Gasteiger partial charge in [-0.2, -0.15) is 15.0 Å². The normalized spacial score (nSPS) is 14.1. The second-order valence-corrected chi connectivity index (χ2v) is 7.80. The maximum atomic E-state index is 10.9. The van der Waals surface area contributed by atoms with Crippen LogP contribution in [0.2, 0.25) is 0 Å². The van der Waals surface area contributed by atoms with Crippen molar-refractivity contribution in [2.75, 3.05) is 23.3 Å². The molecule has 5 rings (SSSR count). The molecular weight excluding hydrogens is 438 g/mol. The van der Waals surface area contributed by atoms with E-state index in [9.17, 15) is 15.2 Å². The number of anilines is 3. The van der Waals surface area contributed by atoms with E-state index in [1.807, 2.05) is 24.3 Å². The Morgan fingerprint density at radius 1 is 1.00 bits per heavy atom. The molecule has 172 valence electrons. The quantitative estimate of drug-likeness (QED) is 0.204. The summed E-state index contributed by atoms with van der Waals surface area (Å²) in [6.07, 6.45) is 3.23. The Morgan fingerprint density at radius 2 is 1.76 bits per heavy atom. The van der Waals surface area contributed by atoms with Gasteiger partial charge in [-0.05, 0) is 37.5 Å². The fourth-order valence-electron chi connectivity index (χ4n) is 3.79. The van der Waals surface area contributed by atoms with Crippen LogP contribution >= 0.6 is 0 Å². The summed E-state index contributed by atoms with van der Waals surface area (Å²) in [7, 11) is 0. The summed E-state index contributed by atoms with van der Waals surface area (Å²) < 4.78 is 0. The van der Waals surface area contributed by atoms with Gasteiger partial charge >= 0.3 is 0 Å². The molecule has 0 bridgehead atoms. The number of aromatic amines is 1. The minimum absolute atomic E-state index is 0.0109. The van der Waals surface area contributed by atoms with Crippen LogP contribution < -0.4 is 10.2 Å². The zero-order valence-corrected chi connectivity index (χ0v) is 18.0. The van der Waals surface area contributed by atoms with E-state index in [0.717, 1.165) is 43.3 Å². The van der Waals surface area contributed by atoms with E-state index in [2.05, 4.69) is 40.4 Å². The van der Waals surface area contributed by atoms with Gasteiger partial charge in [0.25, 0.3) is 11.6 Å². The number of nitrogens with zero attached hydrogens (tertiary/aromatic N) is 7. The van der Waals surface area contributed by atoms with Crippen molar-refractivity contribution in [2.24, 2.45) is 10.2 Å². The lowest BCUT2D eigenvalue weighted by molar-refractivity contribution is -0.384. The van der Waals surface area contributed by atoms with Crippen LogP contribution in [0.5, 0.6) is 5.88 Å². The number of hydrogen-bond donors (Lipinski definition) is 3. The third kappa shape index (κ3) is 4.46. The van der Waals surface area contributed by atoms with Crippen molar-refractivity contribution in [1.29, 1.82) is 0 Å². The lowest BCUT2D eigenvalue weighted by atomic mass is 10.1. The zero-order valence-electron chi connectivity index (χ0n) is 18.0. The number of H-pyrrole nitrogens is 1. The van der Waals surface area contributed by atoms with Crippen molar-refractivity contribution < 1.29 is 10.0 Å². The number of aromatic nitrogens is 4. The molecule has 4 aromatic rings. The number of non-ortho nitro benzene ring substituents is 1. The maximum absolute atomic E-state index is 10.9. The molecule has 0 atom stereocenters. The van der Waals surface area contributed by atoms with Crippen molar-refractivity contribution in [2.45, 2.75) is 19.3 Å². The molecule has 0 spiro atoms. The number of fused-ring (bicyclic) bond motifs is 1. The van der Waals surface area contributed by atoms with E-state index >= 15 is 0 Å². The highest BCUT2D eigenvalue weighted by Crippen LogP contribution is 2.36. The van der Waals surface area contributed by atoms with Gasteiger partial charge in [0.05, 0.1) is 10.4 Å². The number of azo groups is 1. The predicted octanol–water partition coefficient (Wildman–Crippen LogP) is 5.12. The Hall–Kier alpha value is -4.61. The smallest absolute Gasteiger partial charge is 0.275 e. The number of hydrogen-bond acceptors (Lipinski definition) is 10. The van der Waals surface area contributed by atoms with Crippen LogP contribution in [-0.2, 0) is 0 Å². The van der Waals surface area contributed by atoms with Gasteiger partial charge < -0.3 is 20.3 Å². The summed E-state index contributed by atoms with van der Waals surface area (Å²) in [4.78, 5) is 28.7. The summed E-state index contributed by atoms with van der Waals surface area (Å²) in [6, 6.07) is 13.3. The van der Waals surface area contributed by atoms with Crippen molar-refractivity contribution in [3.63, 3.8) is 0 Å². The Balaban J connectivity index is 1.48. The minimum atomic E-state index is -0.459. The first-order valence-corrected chi connectivity index (χ1v) is 10.8. The molecule has 12 nitrogen and oxygen atoms in total. The molecule has 0 saturated carbocycles. The lowest BCUT2D eigenvalue weighted by Gasteiger charge is -2.26. The van der Waals surface area contributed by atoms with Crippen LogP contribution in [0.25, 0.3) is 10.9 Å². The van der Waals surface area contributed by atoms with Crippen LogP contribution in [0.3, 0.4) is 0 Å². The largest absolute Gasteiger partial charge is 0.493 e. The molecule has 0 unspecified atom stereocenters. The second-order valence-electron chi connectivity index (χ2n) is 7.80. The van der Waals surface area contributed by atoms with Gasteiger partial charge in [0.2, 0.25) is 17.8 Å². The van der Waals surface area contributed by atoms with Crippen LogP contribution in [0, 0.1) is 10.1 Å². The average Bonchev–Trinajstić information content (AvgIpc) is 3.18. The van der Waals surface area contributed by atoms with E-state index in [0.29, 0.717) is 17.3 Å². The zero-order chi connectivity index (χ0) is 23.5. The topological polar surface area (TPSA) is 158 Å². The van der Waals surface area contributed by atoms with E-state index in [1.54, 1.807) is 12.1 Å². The molecule has 3 N–H and O–H groups in total. The first-order chi connectivity index (χ1) is 16.6. The summed E-state index contributed by atoms with van der Waals surface area (Å²) in [5, 5.41) is 33.3. The first kappa shape index (κ1) is 21.2. The molecule has 1 fully saturated rings. The van der Waals surface area contributed by atoms with Crippen LogP contribution in [0.15, 0.2) is 58.8 Å². The molecule has 3 heterocycles. The standard InChI is InChI=1S/C22H21N9O3/c32-19-18(16-6-2-3-7-17(16)24-19)28-29-21-25-20(23-14-8-10-15(11-9-14)31(33)34)26-22(27-21)30-12-4-1-5-13-30/h2-3,6-11,24,32H,1,4-5,12-13H2,(H,23,25,26,27). The molecule has 2 aromatic heterocycles. The first-order valence-electron chi connectivity index (χ1n) is 10.8. The number of piperidine rings is 1. The number of nitrogens with one attached hydrogen (secondary N) is 2. The van der Waals surface area contributed by atoms with Gasteiger partial charge in [0.1, 0.15) is 0 Å².